The molecule has 116 valence electrons. The smallest absolute Gasteiger partial charge is 0.367 e. The van der Waals surface area contributed by atoms with E-state index in [9.17, 15) is 26.5 Å². The number of rotatable bonds is 6. The van der Waals surface area contributed by atoms with Crippen molar-refractivity contribution >= 4 is 16.1 Å². The van der Waals surface area contributed by atoms with E-state index in [-0.39, 0.29) is 12.5 Å². The molecule has 0 radical (unpaired) electrons. The Morgan fingerprint density at radius 2 is 2.14 bits per heavy atom. The van der Waals surface area contributed by atoms with Gasteiger partial charge in [0.15, 0.2) is 16.7 Å². The summed E-state index contributed by atoms with van der Waals surface area (Å²) in [5.41, 5.74) is 1.37. The summed E-state index contributed by atoms with van der Waals surface area (Å²) in [6.45, 7) is -1.20. The summed E-state index contributed by atoms with van der Waals surface area (Å²) in [5.74, 6) is -1.05. The average molecular weight is 321 g/mol. The molecule has 1 unspecified atom stereocenters. The van der Waals surface area contributed by atoms with Crippen LogP contribution in [0.4, 0.5) is 8.78 Å². The maximum Gasteiger partial charge on any atom is 0.367 e. The van der Waals surface area contributed by atoms with Crippen LogP contribution >= 0.6 is 0 Å². The standard InChI is InChI=1S/C12H12F2O6S/c13-12(14,21(16,17)18)7-20-11(15)5-8-2-1-3-9(4-8)10-6-19-10/h1-4,10H,5-7H2,(H,16,17,18)/p-1. The van der Waals surface area contributed by atoms with Crippen LogP contribution in [0.3, 0.4) is 0 Å². The number of carbonyl (C=O) groups excluding carboxylic acids is 1. The lowest BCUT2D eigenvalue weighted by molar-refractivity contribution is -0.148. The Kier molecular flexibility index (Phi) is 4.26. The fraction of sp³-hybridized carbons (Fsp3) is 0.417. The van der Waals surface area contributed by atoms with Gasteiger partial charge < -0.3 is 14.0 Å². The van der Waals surface area contributed by atoms with Gasteiger partial charge in [0.1, 0.15) is 6.10 Å². The van der Waals surface area contributed by atoms with Gasteiger partial charge in [0.05, 0.1) is 13.0 Å². The zero-order chi connectivity index (χ0) is 15.7. The summed E-state index contributed by atoms with van der Waals surface area (Å²) >= 11 is 0. The van der Waals surface area contributed by atoms with Crippen LogP contribution in [0.1, 0.15) is 17.2 Å². The molecule has 21 heavy (non-hydrogen) atoms. The van der Waals surface area contributed by atoms with Gasteiger partial charge in [0.2, 0.25) is 0 Å². The average Bonchev–Trinajstić information content (AvgIpc) is 3.20. The van der Waals surface area contributed by atoms with Gasteiger partial charge >= 0.3 is 11.2 Å². The van der Waals surface area contributed by atoms with Crippen LogP contribution in [0.2, 0.25) is 0 Å². The topological polar surface area (TPSA) is 96.0 Å². The van der Waals surface area contributed by atoms with Gasteiger partial charge in [-0.25, -0.2) is 8.42 Å². The Morgan fingerprint density at radius 1 is 1.48 bits per heavy atom. The number of esters is 1. The van der Waals surface area contributed by atoms with E-state index in [4.69, 9.17) is 4.74 Å². The number of hydrogen-bond donors (Lipinski definition) is 0. The fourth-order valence-corrected chi connectivity index (χ4v) is 1.80. The number of hydrogen-bond acceptors (Lipinski definition) is 6. The van der Waals surface area contributed by atoms with Gasteiger partial charge in [0, 0.05) is 0 Å². The Balaban J connectivity index is 1.91. The Morgan fingerprint density at radius 3 is 2.71 bits per heavy atom. The third kappa shape index (κ3) is 4.19. The minimum Gasteiger partial charge on any atom is -0.743 e. The van der Waals surface area contributed by atoms with E-state index in [1.54, 1.807) is 24.3 Å². The van der Waals surface area contributed by atoms with Crippen molar-refractivity contribution < 1.29 is 36.0 Å². The van der Waals surface area contributed by atoms with Crippen LogP contribution in [0.5, 0.6) is 0 Å². The highest BCUT2D eigenvalue weighted by Gasteiger charge is 2.39. The zero-order valence-electron chi connectivity index (χ0n) is 10.6. The zero-order valence-corrected chi connectivity index (χ0v) is 11.4. The normalized spacial score (nSPS) is 18.3. The first-order chi connectivity index (χ1) is 9.69. The lowest BCUT2D eigenvalue weighted by Crippen LogP contribution is -2.35. The molecule has 1 aliphatic rings. The van der Waals surface area contributed by atoms with Gasteiger partial charge in [-0.1, -0.05) is 24.3 Å². The van der Waals surface area contributed by atoms with Crippen LogP contribution in [0.25, 0.3) is 0 Å². The highest BCUT2D eigenvalue weighted by atomic mass is 32.2. The van der Waals surface area contributed by atoms with E-state index < -0.39 is 27.9 Å². The van der Waals surface area contributed by atoms with Crippen LogP contribution in [0.15, 0.2) is 24.3 Å². The highest BCUT2D eigenvalue weighted by molar-refractivity contribution is 7.86. The molecular formula is C12H11F2O6S-. The van der Waals surface area contributed by atoms with Gasteiger partial charge in [-0.3, -0.25) is 4.79 Å². The number of halogens is 2. The van der Waals surface area contributed by atoms with Crippen molar-refractivity contribution in [3.05, 3.63) is 35.4 Å². The number of carbonyl (C=O) groups is 1. The number of epoxide rings is 1. The molecule has 1 saturated heterocycles. The van der Waals surface area contributed by atoms with E-state index in [1.807, 2.05) is 0 Å². The number of alkyl halides is 2. The predicted octanol–water partition coefficient (Wildman–Crippen LogP) is 0.982. The van der Waals surface area contributed by atoms with Crippen molar-refractivity contribution in [3.8, 4) is 0 Å². The van der Waals surface area contributed by atoms with Gasteiger partial charge in [0.25, 0.3) is 0 Å². The predicted molar refractivity (Wildman–Crippen MR) is 64.4 cm³/mol. The second kappa shape index (κ2) is 5.66. The second-order valence-electron chi connectivity index (χ2n) is 4.50. The van der Waals surface area contributed by atoms with Crippen LogP contribution in [-0.4, -0.2) is 37.4 Å². The molecule has 1 aromatic carbocycles. The summed E-state index contributed by atoms with van der Waals surface area (Å²) in [6, 6.07) is 6.73. The Labute approximate surface area is 119 Å². The summed E-state index contributed by atoms with van der Waals surface area (Å²) in [4.78, 5) is 11.4. The van der Waals surface area contributed by atoms with E-state index in [0.29, 0.717) is 12.2 Å². The van der Waals surface area contributed by atoms with Gasteiger partial charge in [-0.05, 0) is 11.1 Å². The number of benzene rings is 1. The van der Waals surface area contributed by atoms with E-state index in [1.165, 1.54) is 0 Å². The maximum absolute atomic E-state index is 12.8. The van der Waals surface area contributed by atoms with Crippen molar-refractivity contribution in [2.75, 3.05) is 13.2 Å². The Bertz CT molecular complexity index is 639. The SMILES string of the molecule is O=C(Cc1cccc(C2CO2)c1)OCC(F)(F)S(=O)(=O)[O-]. The molecule has 1 fully saturated rings. The molecule has 0 N–H and O–H groups in total. The summed E-state index contributed by atoms with van der Waals surface area (Å²) < 4.78 is 65.6. The molecule has 6 nitrogen and oxygen atoms in total. The van der Waals surface area contributed by atoms with Crippen molar-refractivity contribution in [1.82, 2.24) is 0 Å². The van der Waals surface area contributed by atoms with Crippen molar-refractivity contribution in [2.45, 2.75) is 17.8 Å². The highest BCUT2D eigenvalue weighted by Crippen LogP contribution is 2.30. The lowest BCUT2D eigenvalue weighted by Gasteiger charge is -2.19. The molecule has 9 heteroatoms. The van der Waals surface area contributed by atoms with E-state index in [2.05, 4.69) is 4.74 Å². The quantitative estimate of drug-likeness (QED) is 0.440. The summed E-state index contributed by atoms with van der Waals surface area (Å²) in [6.07, 6.45) is -0.328. The lowest BCUT2D eigenvalue weighted by atomic mass is 10.1. The molecule has 0 aromatic heterocycles. The molecule has 0 aliphatic carbocycles. The van der Waals surface area contributed by atoms with Gasteiger partial charge in [-0.2, -0.15) is 8.78 Å². The van der Waals surface area contributed by atoms with Crippen LogP contribution < -0.4 is 0 Å². The summed E-state index contributed by atoms with van der Waals surface area (Å²) in [7, 11) is -5.86. The van der Waals surface area contributed by atoms with Gasteiger partial charge in [-0.15, -0.1) is 0 Å². The molecule has 1 aliphatic heterocycles. The fourth-order valence-electron chi connectivity index (χ4n) is 1.60. The molecule has 0 spiro atoms. The van der Waals surface area contributed by atoms with E-state index >= 15 is 0 Å². The first kappa shape index (κ1) is 15.8. The molecular weight excluding hydrogens is 310 g/mol. The Hall–Kier alpha value is -1.58. The molecule has 1 aromatic rings. The molecule has 0 amide bonds. The minimum atomic E-state index is -5.86. The molecule has 2 rings (SSSR count). The monoisotopic (exact) mass is 321 g/mol. The third-order valence-electron chi connectivity index (χ3n) is 2.77. The largest absolute Gasteiger partial charge is 0.743 e. The molecule has 1 atom stereocenters. The van der Waals surface area contributed by atoms with Crippen molar-refractivity contribution in [3.63, 3.8) is 0 Å². The summed E-state index contributed by atoms with van der Waals surface area (Å²) in [5, 5.41) is -4.63. The van der Waals surface area contributed by atoms with E-state index in [0.717, 1.165) is 5.56 Å². The minimum absolute atomic E-state index is 0.0177. The molecule has 1 heterocycles. The molecule has 0 bridgehead atoms. The molecule has 0 saturated carbocycles. The second-order valence-corrected chi connectivity index (χ2v) is 6.00. The van der Waals surface area contributed by atoms with Crippen molar-refractivity contribution in [1.29, 1.82) is 0 Å². The third-order valence-corrected chi connectivity index (χ3v) is 3.62. The maximum atomic E-state index is 12.8. The first-order valence-electron chi connectivity index (χ1n) is 5.88. The first-order valence-corrected chi connectivity index (χ1v) is 7.29. The van der Waals surface area contributed by atoms with Crippen LogP contribution in [0, 0.1) is 0 Å². The van der Waals surface area contributed by atoms with Crippen molar-refractivity contribution in [2.24, 2.45) is 0 Å². The van der Waals surface area contributed by atoms with Crippen LogP contribution in [-0.2, 0) is 30.8 Å². The number of ether oxygens (including phenoxy) is 2.